The largest absolute Gasteiger partial charge is 0.293 e. The molecule has 1 heterocycles. The highest BCUT2D eigenvalue weighted by Gasteiger charge is 2.27. The van der Waals surface area contributed by atoms with E-state index >= 15 is 0 Å². The normalized spacial score (nSPS) is 14.9. The van der Waals surface area contributed by atoms with Crippen LogP contribution in [-0.4, -0.2) is 10.8 Å². The van der Waals surface area contributed by atoms with E-state index in [1.807, 2.05) is 42.3 Å². The minimum absolute atomic E-state index is 0.00720. The Morgan fingerprint density at radius 3 is 2.53 bits per heavy atom. The molecule has 0 aromatic heterocycles. The summed E-state index contributed by atoms with van der Waals surface area (Å²) in [6, 6.07) is 9.75. The second-order valence-corrected chi connectivity index (χ2v) is 3.80. The Bertz CT molecular complexity index is 479. The van der Waals surface area contributed by atoms with Crippen molar-refractivity contribution in [2.24, 2.45) is 0 Å². The number of hydrogen-bond donors (Lipinski definition) is 1. The number of Topliss-reactive ketones (excluding diaryl/α,β-unsaturated/α-hetero) is 1. The molecule has 4 heteroatoms. The van der Waals surface area contributed by atoms with Gasteiger partial charge in [-0.25, -0.2) is 5.01 Å². The fraction of sp³-hybridized carbons (Fsp3) is 0.154. The van der Waals surface area contributed by atoms with Crippen LogP contribution >= 0.6 is 0 Å². The van der Waals surface area contributed by atoms with Gasteiger partial charge in [-0.2, -0.15) is 5.12 Å². The molecule has 1 aromatic rings. The smallest absolute Gasteiger partial charge is 0.179 e. The molecule has 0 saturated carbocycles. The van der Waals surface area contributed by atoms with Gasteiger partial charge in [-0.1, -0.05) is 24.8 Å². The maximum atomic E-state index is 11.5. The van der Waals surface area contributed by atoms with Crippen LogP contribution in [0, 0.1) is 0 Å². The first-order valence-corrected chi connectivity index (χ1v) is 5.40. The third-order valence-electron chi connectivity index (χ3n) is 2.66. The van der Waals surface area contributed by atoms with Gasteiger partial charge in [0, 0.05) is 13.1 Å². The topological polar surface area (TPSA) is 35.6 Å². The van der Waals surface area contributed by atoms with E-state index in [4.69, 9.17) is 0 Å². The number of carbonyl (C=O) groups excluding carboxylic acids is 1. The van der Waals surface area contributed by atoms with Crippen LogP contribution in [0.5, 0.6) is 0 Å². The number of nitrogens with zero attached hydrogens (tertiary/aromatic N) is 2. The fourth-order valence-corrected chi connectivity index (χ4v) is 1.82. The van der Waals surface area contributed by atoms with E-state index in [-0.39, 0.29) is 5.78 Å². The van der Waals surface area contributed by atoms with Gasteiger partial charge in [-0.05, 0) is 19.1 Å². The SMILES string of the molecule is C=CN1C(C)=C(C(C)=O)NN1c1ccccc1. The van der Waals surface area contributed by atoms with E-state index in [2.05, 4.69) is 12.0 Å². The molecule has 0 saturated heterocycles. The molecule has 1 aliphatic heterocycles. The van der Waals surface area contributed by atoms with Gasteiger partial charge in [-0.15, -0.1) is 0 Å². The molecule has 0 bridgehead atoms. The highest BCUT2D eigenvalue weighted by Crippen LogP contribution is 2.25. The molecule has 88 valence electrons. The number of carbonyl (C=O) groups is 1. The number of nitrogens with one attached hydrogen (secondary N) is 1. The predicted octanol–water partition coefficient (Wildman–Crippen LogP) is 2.19. The number of para-hydroxylation sites is 1. The highest BCUT2D eigenvalue weighted by molar-refractivity contribution is 5.94. The first-order valence-electron chi connectivity index (χ1n) is 5.40. The average molecular weight is 229 g/mol. The average Bonchev–Trinajstić information content (AvgIpc) is 2.67. The van der Waals surface area contributed by atoms with E-state index in [0.29, 0.717) is 5.70 Å². The summed E-state index contributed by atoms with van der Waals surface area (Å²) < 4.78 is 0. The Morgan fingerprint density at radius 1 is 1.35 bits per heavy atom. The van der Waals surface area contributed by atoms with E-state index in [0.717, 1.165) is 11.4 Å². The molecule has 0 atom stereocenters. The van der Waals surface area contributed by atoms with E-state index < -0.39 is 0 Å². The number of hydrogen-bond acceptors (Lipinski definition) is 4. The van der Waals surface area contributed by atoms with Crippen molar-refractivity contribution in [3.05, 3.63) is 54.5 Å². The molecule has 1 N–H and O–H groups in total. The third-order valence-corrected chi connectivity index (χ3v) is 2.66. The van der Waals surface area contributed by atoms with Crippen LogP contribution in [0.15, 0.2) is 54.5 Å². The molecular formula is C13H15N3O. The van der Waals surface area contributed by atoms with Crippen LogP contribution in [0.1, 0.15) is 13.8 Å². The van der Waals surface area contributed by atoms with Crippen LogP contribution < -0.4 is 10.5 Å². The van der Waals surface area contributed by atoms with Gasteiger partial charge in [0.1, 0.15) is 5.70 Å². The third kappa shape index (κ3) is 1.89. The Kier molecular flexibility index (Phi) is 2.87. The Balaban J connectivity index is 2.36. The fourth-order valence-electron chi connectivity index (χ4n) is 1.82. The van der Waals surface area contributed by atoms with Gasteiger partial charge in [-0.3, -0.25) is 10.2 Å². The first-order chi connectivity index (χ1) is 8.15. The molecular weight excluding hydrogens is 214 g/mol. The van der Waals surface area contributed by atoms with Crippen molar-refractivity contribution in [2.45, 2.75) is 13.8 Å². The zero-order valence-corrected chi connectivity index (χ0v) is 9.97. The zero-order valence-electron chi connectivity index (χ0n) is 9.97. The maximum Gasteiger partial charge on any atom is 0.179 e. The minimum Gasteiger partial charge on any atom is -0.293 e. The van der Waals surface area contributed by atoms with Gasteiger partial charge in [0.05, 0.1) is 11.4 Å². The molecule has 4 nitrogen and oxygen atoms in total. The van der Waals surface area contributed by atoms with Crippen molar-refractivity contribution in [3.8, 4) is 0 Å². The van der Waals surface area contributed by atoms with Crippen molar-refractivity contribution in [1.82, 2.24) is 10.4 Å². The second kappa shape index (κ2) is 4.33. The molecule has 0 spiro atoms. The lowest BCUT2D eigenvalue weighted by Crippen LogP contribution is -2.41. The molecule has 1 aliphatic rings. The zero-order chi connectivity index (χ0) is 12.4. The number of hydrazine groups is 2. The summed E-state index contributed by atoms with van der Waals surface area (Å²) in [5.41, 5.74) is 5.46. The number of ketones is 1. The molecule has 2 rings (SSSR count). The van der Waals surface area contributed by atoms with Crippen molar-refractivity contribution in [2.75, 3.05) is 5.12 Å². The van der Waals surface area contributed by atoms with E-state index in [1.54, 1.807) is 18.2 Å². The van der Waals surface area contributed by atoms with Gasteiger partial charge in [0.15, 0.2) is 5.78 Å². The van der Waals surface area contributed by atoms with Crippen LogP contribution in [-0.2, 0) is 4.79 Å². The lowest BCUT2D eigenvalue weighted by Gasteiger charge is -2.28. The standard InChI is InChI=1S/C13H15N3O/c1-4-15-10(2)13(11(3)17)14-16(15)12-8-6-5-7-9-12/h4-9,14H,1H2,2-3H3. The van der Waals surface area contributed by atoms with Gasteiger partial charge >= 0.3 is 0 Å². The number of benzene rings is 1. The Hall–Kier alpha value is -2.23. The molecule has 0 aliphatic carbocycles. The lowest BCUT2D eigenvalue weighted by molar-refractivity contribution is -0.113. The monoisotopic (exact) mass is 229 g/mol. The van der Waals surface area contributed by atoms with Crippen molar-refractivity contribution < 1.29 is 4.79 Å². The summed E-state index contributed by atoms with van der Waals surface area (Å²) in [6.45, 7) is 7.19. The van der Waals surface area contributed by atoms with Crippen molar-refractivity contribution >= 4 is 11.5 Å². The summed E-state index contributed by atoms with van der Waals surface area (Å²) in [5, 5.41) is 3.60. The van der Waals surface area contributed by atoms with Crippen LogP contribution in [0.25, 0.3) is 0 Å². The molecule has 0 fully saturated rings. The molecule has 1 aromatic carbocycles. The Labute approximate surface area is 101 Å². The summed E-state index contributed by atoms with van der Waals surface area (Å²) in [6.07, 6.45) is 1.67. The number of allylic oxidation sites excluding steroid dienone is 2. The van der Waals surface area contributed by atoms with E-state index in [9.17, 15) is 4.79 Å². The molecule has 0 radical (unpaired) electrons. The van der Waals surface area contributed by atoms with Crippen LogP contribution in [0.4, 0.5) is 5.69 Å². The maximum absolute atomic E-state index is 11.5. The summed E-state index contributed by atoms with van der Waals surface area (Å²) in [7, 11) is 0. The first kappa shape index (κ1) is 11.3. The lowest BCUT2D eigenvalue weighted by atomic mass is 10.3. The molecule has 17 heavy (non-hydrogen) atoms. The van der Waals surface area contributed by atoms with Crippen LogP contribution in [0.3, 0.4) is 0 Å². The van der Waals surface area contributed by atoms with Crippen molar-refractivity contribution in [1.29, 1.82) is 0 Å². The summed E-state index contributed by atoms with van der Waals surface area (Å²) in [5.74, 6) is 0.00720. The van der Waals surface area contributed by atoms with E-state index in [1.165, 1.54) is 0 Å². The molecule has 0 amide bonds. The van der Waals surface area contributed by atoms with Gasteiger partial charge < -0.3 is 0 Å². The highest BCUT2D eigenvalue weighted by atomic mass is 16.1. The number of anilines is 1. The second-order valence-electron chi connectivity index (χ2n) is 3.80. The molecule has 0 unspecified atom stereocenters. The Morgan fingerprint density at radius 2 is 2.00 bits per heavy atom. The quantitative estimate of drug-likeness (QED) is 0.861. The van der Waals surface area contributed by atoms with Gasteiger partial charge in [0.2, 0.25) is 0 Å². The van der Waals surface area contributed by atoms with Gasteiger partial charge in [0.25, 0.3) is 0 Å². The number of rotatable bonds is 3. The van der Waals surface area contributed by atoms with Crippen LogP contribution in [0.2, 0.25) is 0 Å². The summed E-state index contributed by atoms with van der Waals surface area (Å²) in [4.78, 5) is 11.5. The minimum atomic E-state index is 0.00720. The summed E-state index contributed by atoms with van der Waals surface area (Å²) >= 11 is 0. The predicted molar refractivity (Wildman–Crippen MR) is 67.5 cm³/mol. The van der Waals surface area contributed by atoms with Crippen molar-refractivity contribution in [3.63, 3.8) is 0 Å².